The van der Waals surface area contributed by atoms with E-state index < -0.39 is 0 Å². The molecule has 2 heterocycles. The molecule has 2 rings (SSSR count). The van der Waals surface area contributed by atoms with Crippen molar-refractivity contribution in [1.82, 2.24) is 4.90 Å². The lowest BCUT2D eigenvalue weighted by molar-refractivity contribution is -0.00240. The maximum atomic E-state index is 5.42. The zero-order chi connectivity index (χ0) is 11.6. The summed E-state index contributed by atoms with van der Waals surface area (Å²) in [7, 11) is -0.0224. The van der Waals surface area contributed by atoms with Crippen LogP contribution in [0, 0.1) is 0 Å². The van der Waals surface area contributed by atoms with Gasteiger partial charge in [0.2, 0.25) is 0 Å². The molecule has 1 atom stereocenters. The third kappa shape index (κ3) is 2.90. The highest BCUT2D eigenvalue weighted by molar-refractivity contribution is 8.22. The van der Waals surface area contributed by atoms with E-state index in [1.54, 1.807) is 0 Å². The van der Waals surface area contributed by atoms with Crippen molar-refractivity contribution in [3.8, 4) is 0 Å². The van der Waals surface area contributed by atoms with Crippen LogP contribution in [0.3, 0.4) is 0 Å². The summed E-state index contributed by atoms with van der Waals surface area (Å²) in [6, 6.07) is 0. The first kappa shape index (κ1) is 12.2. The van der Waals surface area contributed by atoms with Gasteiger partial charge < -0.3 is 4.74 Å². The van der Waals surface area contributed by atoms with Crippen LogP contribution in [0.5, 0.6) is 0 Å². The summed E-state index contributed by atoms with van der Waals surface area (Å²) in [6.45, 7) is 10.9. The van der Waals surface area contributed by atoms with E-state index >= 15 is 0 Å². The Balaban J connectivity index is 1.93. The molecular formula is C13H23NOS. The van der Waals surface area contributed by atoms with Gasteiger partial charge in [0.1, 0.15) is 0 Å². The van der Waals surface area contributed by atoms with E-state index in [1.165, 1.54) is 11.3 Å². The largest absolute Gasteiger partial charge is 0.379 e. The van der Waals surface area contributed by atoms with Gasteiger partial charge in [0.15, 0.2) is 0 Å². The maximum Gasteiger partial charge on any atom is 0.0594 e. The molecule has 0 N–H and O–H groups in total. The van der Waals surface area contributed by atoms with Gasteiger partial charge in [-0.05, 0) is 42.9 Å². The van der Waals surface area contributed by atoms with E-state index in [9.17, 15) is 0 Å². The molecule has 0 saturated carbocycles. The molecule has 3 heteroatoms. The van der Waals surface area contributed by atoms with Crippen LogP contribution in [0.2, 0.25) is 0 Å². The maximum absolute atomic E-state index is 5.42. The molecule has 1 unspecified atom stereocenters. The number of hydrogen-bond acceptors (Lipinski definition) is 2. The van der Waals surface area contributed by atoms with Crippen molar-refractivity contribution >= 4 is 10.9 Å². The van der Waals surface area contributed by atoms with Crippen LogP contribution in [-0.4, -0.2) is 42.5 Å². The predicted molar refractivity (Wildman–Crippen MR) is 73.2 cm³/mol. The second kappa shape index (κ2) is 4.94. The van der Waals surface area contributed by atoms with Crippen LogP contribution in [0.4, 0.5) is 0 Å². The molecule has 0 spiro atoms. The van der Waals surface area contributed by atoms with Crippen LogP contribution >= 0.6 is 10.9 Å². The normalized spacial score (nSPS) is 29.4. The third-order valence-electron chi connectivity index (χ3n) is 3.34. The van der Waals surface area contributed by atoms with Crippen LogP contribution in [0.1, 0.15) is 20.8 Å². The van der Waals surface area contributed by atoms with Crippen molar-refractivity contribution in [3.05, 3.63) is 22.5 Å². The Hall–Kier alpha value is -0.250. The summed E-state index contributed by atoms with van der Waals surface area (Å²) in [5.41, 5.74) is 1.74. The fraction of sp³-hybridized carbons (Fsp3) is 0.692. The fourth-order valence-corrected chi connectivity index (χ4v) is 4.79. The Kier molecular flexibility index (Phi) is 3.77. The summed E-state index contributed by atoms with van der Waals surface area (Å²) in [5, 5.41) is 4.84. The highest BCUT2D eigenvalue weighted by atomic mass is 32.2. The van der Waals surface area contributed by atoms with Crippen molar-refractivity contribution in [2.45, 2.75) is 26.3 Å². The second-order valence-corrected chi connectivity index (χ2v) is 7.17. The van der Waals surface area contributed by atoms with Crippen molar-refractivity contribution < 1.29 is 4.74 Å². The smallest absolute Gasteiger partial charge is 0.0594 e. The SMILES string of the molecule is CC1=C[SH](CC(C)(C)N2CCOCC2)C=C1. The predicted octanol–water partition coefficient (Wildman–Crippen LogP) is 2.53. The van der Waals surface area contributed by atoms with Gasteiger partial charge in [0.05, 0.1) is 13.2 Å². The Labute approximate surface area is 102 Å². The molecule has 0 amide bonds. The molecule has 0 aromatic heterocycles. The monoisotopic (exact) mass is 241 g/mol. The molecule has 0 radical (unpaired) electrons. The number of morpholine rings is 1. The fourth-order valence-electron chi connectivity index (χ4n) is 2.37. The topological polar surface area (TPSA) is 12.5 Å². The van der Waals surface area contributed by atoms with Gasteiger partial charge in [-0.2, -0.15) is 0 Å². The molecule has 2 nitrogen and oxygen atoms in total. The van der Waals surface area contributed by atoms with Gasteiger partial charge in [-0.3, -0.25) is 4.90 Å². The van der Waals surface area contributed by atoms with Crippen molar-refractivity contribution in [3.63, 3.8) is 0 Å². The van der Waals surface area contributed by atoms with Gasteiger partial charge in [0.25, 0.3) is 0 Å². The molecule has 92 valence electrons. The van der Waals surface area contributed by atoms with Gasteiger partial charge in [0, 0.05) is 18.6 Å². The average Bonchev–Trinajstić information content (AvgIpc) is 2.64. The standard InChI is InChI=1S/C13H23NOS/c1-12-4-9-16(10-12)11-13(2,3)14-5-7-15-8-6-14/h4,9-10,16H,5-8,11H2,1-3H3. The molecule has 1 saturated heterocycles. The molecule has 2 aliphatic heterocycles. The lowest BCUT2D eigenvalue weighted by atomic mass is 10.1. The Morgan fingerprint density at radius 2 is 2.06 bits per heavy atom. The van der Waals surface area contributed by atoms with Gasteiger partial charge in [-0.15, -0.1) is 0 Å². The van der Waals surface area contributed by atoms with Crippen LogP contribution < -0.4 is 0 Å². The molecular weight excluding hydrogens is 218 g/mol. The molecule has 16 heavy (non-hydrogen) atoms. The van der Waals surface area contributed by atoms with E-state index in [0.717, 1.165) is 26.3 Å². The van der Waals surface area contributed by atoms with Crippen LogP contribution in [0.15, 0.2) is 22.5 Å². The summed E-state index contributed by atoms with van der Waals surface area (Å²) in [5.74, 6) is 1.27. The first-order valence-electron chi connectivity index (χ1n) is 6.03. The highest BCUT2D eigenvalue weighted by Crippen LogP contribution is 2.40. The molecule has 0 bridgehead atoms. The minimum Gasteiger partial charge on any atom is -0.379 e. The van der Waals surface area contributed by atoms with Crippen molar-refractivity contribution in [2.75, 3.05) is 32.1 Å². The number of ether oxygens (including phenoxy) is 1. The first-order chi connectivity index (χ1) is 7.58. The quantitative estimate of drug-likeness (QED) is 0.762. The average molecular weight is 241 g/mol. The Morgan fingerprint density at radius 1 is 1.38 bits per heavy atom. The number of hydrogen-bond donors (Lipinski definition) is 1. The number of rotatable bonds is 3. The minimum absolute atomic E-state index is 0.0224. The molecule has 0 aromatic rings. The number of allylic oxidation sites excluding steroid dienone is 2. The lowest BCUT2D eigenvalue weighted by Gasteiger charge is -2.42. The van der Waals surface area contributed by atoms with E-state index in [4.69, 9.17) is 4.74 Å². The third-order valence-corrected chi connectivity index (χ3v) is 5.74. The summed E-state index contributed by atoms with van der Waals surface area (Å²) in [4.78, 5) is 2.58. The van der Waals surface area contributed by atoms with Gasteiger partial charge in [-0.1, -0.05) is 6.08 Å². The highest BCUT2D eigenvalue weighted by Gasteiger charge is 2.29. The lowest BCUT2D eigenvalue weighted by Crippen LogP contribution is -2.51. The number of thiol groups is 1. The summed E-state index contributed by atoms with van der Waals surface area (Å²) < 4.78 is 5.42. The van der Waals surface area contributed by atoms with Gasteiger partial charge >= 0.3 is 0 Å². The van der Waals surface area contributed by atoms with Crippen LogP contribution in [-0.2, 0) is 4.74 Å². The van der Waals surface area contributed by atoms with E-state index in [0.29, 0.717) is 5.54 Å². The van der Waals surface area contributed by atoms with E-state index in [1.807, 2.05) is 0 Å². The molecule has 0 aromatic carbocycles. The molecule has 2 aliphatic rings. The molecule has 0 aliphatic carbocycles. The minimum atomic E-state index is -0.0224. The first-order valence-corrected chi connectivity index (χ1v) is 7.70. The van der Waals surface area contributed by atoms with Crippen LogP contribution in [0.25, 0.3) is 0 Å². The second-order valence-electron chi connectivity index (χ2n) is 5.27. The Bertz CT molecular complexity index is 303. The molecule has 1 fully saturated rings. The van der Waals surface area contributed by atoms with E-state index in [2.05, 4.69) is 42.6 Å². The Morgan fingerprint density at radius 3 is 2.62 bits per heavy atom. The summed E-state index contributed by atoms with van der Waals surface area (Å²) in [6.07, 6.45) is 2.26. The zero-order valence-corrected chi connectivity index (χ0v) is 11.5. The zero-order valence-electron chi connectivity index (χ0n) is 10.6. The van der Waals surface area contributed by atoms with Crippen molar-refractivity contribution in [1.29, 1.82) is 0 Å². The van der Waals surface area contributed by atoms with E-state index in [-0.39, 0.29) is 10.9 Å². The van der Waals surface area contributed by atoms with Gasteiger partial charge in [-0.25, -0.2) is 10.9 Å². The summed E-state index contributed by atoms with van der Waals surface area (Å²) >= 11 is 0. The van der Waals surface area contributed by atoms with Crippen molar-refractivity contribution in [2.24, 2.45) is 0 Å². The number of nitrogens with zero attached hydrogens (tertiary/aromatic N) is 1.